The molecule has 3 rings (SSSR count). The van der Waals surface area contributed by atoms with Crippen molar-refractivity contribution in [2.75, 3.05) is 20.2 Å². The van der Waals surface area contributed by atoms with Crippen LogP contribution in [0.15, 0.2) is 46.9 Å². The topological polar surface area (TPSA) is 46.6 Å². The second kappa shape index (κ2) is 7.99. The lowest BCUT2D eigenvalue weighted by Gasteiger charge is -2.31. The van der Waals surface area contributed by atoms with Crippen molar-refractivity contribution in [2.24, 2.45) is 5.92 Å². The number of nitrogens with zero attached hydrogens (tertiary/aromatic N) is 1. The Morgan fingerprint density at radius 2 is 1.77 bits per heavy atom. The van der Waals surface area contributed by atoms with Crippen molar-refractivity contribution in [1.82, 2.24) is 4.90 Å². The number of piperidine rings is 1. The van der Waals surface area contributed by atoms with Crippen LogP contribution in [0, 0.1) is 11.7 Å². The van der Waals surface area contributed by atoms with Crippen molar-refractivity contribution < 1.29 is 18.7 Å². The molecule has 0 spiro atoms. The summed E-state index contributed by atoms with van der Waals surface area (Å²) in [7, 11) is 1.58. The molecule has 0 N–H and O–H groups in total. The number of amides is 1. The normalized spacial score (nSPS) is 15.0. The number of ether oxygens (including phenoxy) is 1. The molecule has 0 saturated carbocycles. The molecule has 1 aliphatic rings. The molecule has 1 aliphatic heterocycles. The molecule has 2 aromatic carbocycles. The Balaban J connectivity index is 1.64. The van der Waals surface area contributed by atoms with Gasteiger partial charge in [-0.2, -0.15) is 0 Å². The number of benzene rings is 2. The first kappa shape index (κ1) is 18.6. The summed E-state index contributed by atoms with van der Waals surface area (Å²) < 4.78 is 19.1. The number of carbonyl (C=O) groups excluding carboxylic acids is 2. The fourth-order valence-electron chi connectivity index (χ4n) is 3.17. The molecule has 0 unspecified atom stereocenters. The molecule has 26 heavy (non-hydrogen) atoms. The number of likely N-dealkylation sites (tertiary alicyclic amines) is 1. The third kappa shape index (κ3) is 3.96. The highest BCUT2D eigenvalue weighted by molar-refractivity contribution is 9.10. The molecule has 4 nitrogen and oxygen atoms in total. The quantitative estimate of drug-likeness (QED) is 0.692. The van der Waals surface area contributed by atoms with E-state index in [-0.39, 0.29) is 17.6 Å². The van der Waals surface area contributed by atoms with Crippen LogP contribution in [0.4, 0.5) is 4.39 Å². The number of rotatable bonds is 4. The van der Waals surface area contributed by atoms with Gasteiger partial charge in [0.1, 0.15) is 11.6 Å². The fourth-order valence-corrected chi connectivity index (χ4v) is 3.58. The van der Waals surface area contributed by atoms with Crippen molar-refractivity contribution in [2.45, 2.75) is 12.8 Å². The minimum Gasteiger partial charge on any atom is -0.497 e. The summed E-state index contributed by atoms with van der Waals surface area (Å²) in [5.74, 6) is 0.0329. The smallest absolute Gasteiger partial charge is 0.255 e. The molecular weight excluding hydrogens is 401 g/mol. The first-order chi connectivity index (χ1) is 12.5. The van der Waals surface area contributed by atoms with Crippen molar-refractivity contribution in [3.8, 4) is 5.75 Å². The maximum atomic E-state index is 13.4. The van der Waals surface area contributed by atoms with E-state index < -0.39 is 5.82 Å². The molecule has 0 bridgehead atoms. The van der Waals surface area contributed by atoms with Gasteiger partial charge in [0, 0.05) is 29.0 Å². The second-order valence-corrected chi connectivity index (χ2v) is 7.14. The molecule has 0 aromatic heterocycles. The zero-order valence-corrected chi connectivity index (χ0v) is 16.0. The van der Waals surface area contributed by atoms with Gasteiger partial charge in [-0.1, -0.05) is 0 Å². The third-order valence-corrected chi connectivity index (χ3v) is 5.38. The van der Waals surface area contributed by atoms with Gasteiger partial charge in [-0.15, -0.1) is 0 Å². The molecule has 0 aliphatic carbocycles. The maximum absolute atomic E-state index is 13.4. The van der Waals surface area contributed by atoms with Crippen LogP contribution in [0.25, 0.3) is 0 Å². The van der Waals surface area contributed by atoms with Gasteiger partial charge < -0.3 is 9.64 Å². The van der Waals surface area contributed by atoms with Crippen molar-refractivity contribution in [3.63, 3.8) is 0 Å². The summed E-state index contributed by atoms with van der Waals surface area (Å²) in [5.41, 5.74) is 0.966. The highest BCUT2D eigenvalue weighted by atomic mass is 79.9. The van der Waals surface area contributed by atoms with Crippen LogP contribution in [-0.2, 0) is 0 Å². The lowest BCUT2D eigenvalue weighted by molar-refractivity contribution is 0.0649. The van der Waals surface area contributed by atoms with E-state index in [1.807, 2.05) is 0 Å². The number of ketones is 1. The predicted molar refractivity (Wildman–Crippen MR) is 100 cm³/mol. The summed E-state index contributed by atoms with van der Waals surface area (Å²) >= 11 is 3.30. The average molecular weight is 420 g/mol. The van der Waals surface area contributed by atoms with E-state index in [1.165, 1.54) is 18.2 Å². The van der Waals surface area contributed by atoms with Crippen LogP contribution in [0.2, 0.25) is 0 Å². The number of carbonyl (C=O) groups is 2. The SMILES string of the molecule is COc1ccc(C(=O)C2CCN(C(=O)c3cc(F)ccc3Br)CC2)cc1. The molecule has 136 valence electrons. The number of halogens is 2. The van der Waals surface area contributed by atoms with Crippen molar-refractivity contribution in [1.29, 1.82) is 0 Å². The monoisotopic (exact) mass is 419 g/mol. The molecule has 2 aromatic rings. The number of methoxy groups -OCH3 is 1. The van der Waals surface area contributed by atoms with Crippen LogP contribution in [-0.4, -0.2) is 36.8 Å². The van der Waals surface area contributed by atoms with E-state index in [1.54, 1.807) is 36.3 Å². The van der Waals surface area contributed by atoms with E-state index in [0.29, 0.717) is 47.3 Å². The average Bonchev–Trinajstić information content (AvgIpc) is 2.69. The minimum atomic E-state index is -0.443. The molecule has 1 fully saturated rings. The zero-order valence-electron chi connectivity index (χ0n) is 14.4. The maximum Gasteiger partial charge on any atom is 0.255 e. The molecule has 0 radical (unpaired) electrons. The summed E-state index contributed by atoms with van der Waals surface area (Å²) in [6.07, 6.45) is 1.20. The van der Waals surface area contributed by atoms with Gasteiger partial charge in [-0.3, -0.25) is 9.59 Å². The summed E-state index contributed by atoms with van der Waals surface area (Å²) in [6, 6.07) is 11.1. The summed E-state index contributed by atoms with van der Waals surface area (Å²) in [5, 5.41) is 0. The predicted octanol–water partition coefficient (Wildman–Crippen LogP) is 4.33. The first-order valence-electron chi connectivity index (χ1n) is 8.42. The van der Waals surface area contributed by atoms with Gasteiger partial charge in [-0.25, -0.2) is 4.39 Å². The third-order valence-electron chi connectivity index (χ3n) is 4.69. The van der Waals surface area contributed by atoms with Crippen LogP contribution < -0.4 is 4.74 Å². The zero-order chi connectivity index (χ0) is 18.7. The van der Waals surface area contributed by atoms with Gasteiger partial charge in [-0.05, 0) is 71.2 Å². The summed E-state index contributed by atoms with van der Waals surface area (Å²) in [4.78, 5) is 26.9. The van der Waals surface area contributed by atoms with Crippen LogP contribution in [0.5, 0.6) is 5.75 Å². The molecular formula is C20H19BrFNO3. The Hall–Kier alpha value is -2.21. The Kier molecular flexibility index (Phi) is 5.71. The molecule has 1 saturated heterocycles. The summed E-state index contributed by atoms with van der Waals surface area (Å²) in [6.45, 7) is 0.961. The number of hydrogen-bond donors (Lipinski definition) is 0. The first-order valence-corrected chi connectivity index (χ1v) is 9.21. The number of Topliss-reactive ketones (excluding diaryl/α,β-unsaturated/α-hetero) is 1. The van der Waals surface area contributed by atoms with Crippen LogP contribution >= 0.6 is 15.9 Å². The van der Waals surface area contributed by atoms with Gasteiger partial charge in [0.25, 0.3) is 5.91 Å². The minimum absolute atomic E-state index is 0.0895. The highest BCUT2D eigenvalue weighted by Crippen LogP contribution is 2.26. The van der Waals surface area contributed by atoms with E-state index in [2.05, 4.69) is 15.9 Å². The van der Waals surface area contributed by atoms with E-state index >= 15 is 0 Å². The van der Waals surface area contributed by atoms with E-state index in [9.17, 15) is 14.0 Å². The molecule has 1 amide bonds. The van der Waals surface area contributed by atoms with E-state index in [0.717, 1.165) is 0 Å². The Labute approximate surface area is 160 Å². The van der Waals surface area contributed by atoms with Gasteiger partial charge in [0.15, 0.2) is 5.78 Å². The van der Waals surface area contributed by atoms with Crippen molar-refractivity contribution in [3.05, 3.63) is 63.9 Å². The second-order valence-electron chi connectivity index (χ2n) is 6.28. The van der Waals surface area contributed by atoms with Crippen LogP contribution in [0.1, 0.15) is 33.6 Å². The largest absolute Gasteiger partial charge is 0.497 e. The van der Waals surface area contributed by atoms with Gasteiger partial charge >= 0.3 is 0 Å². The van der Waals surface area contributed by atoms with E-state index in [4.69, 9.17) is 4.74 Å². The lowest BCUT2D eigenvalue weighted by atomic mass is 9.88. The highest BCUT2D eigenvalue weighted by Gasteiger charge is 2.29. The Morgan fingerprint density at radius 3 is 2.38 bits per heavy atom. The molecule has 6 heteroatoms. The van der Waals surface area contributed by atoms with Gasteiger partial charge in [0.05, 0.1) is 12.7 Å². The van der Waals surface area contributed by atoms with Crippen molar-refractivity contribution >= 4 is 27.6 Å². The number of hydrogen-bond acceptors (Lipinski definition) is 3. The Morgan fingerprint density at radius 1 is 1.12 bits per heavy atom. The fraction of sp³-hybridized carbons (Fsp3) is 0.300. The molecule has 0 atom stereocenters. The van der Waals surface area contributed by atoms with Crippen LogP contribution in [0.3, 0.4) is 0 Å². The van der Waals surface area contributed by atoms with Gasteiger partial charge in [0.2, 0.25) is 0 Å². The lowest BCUT2D eigenvalue weighted by Crippen LogP contribution is -2.40. The standard InChI is InChI=1S/C20H19BrFNO3/c1-26-16-5-2-13(3-6-16)19(24)14-8-10-23(11-9-14)20(25)17-12-15(22)4-7-18(17)21/h2-7,12,14H,8-11H2,1H3. The Bertz CT molecular complexity index is 814. The molecule has 1 heterocycles.